The number of amides is 1. The molecule has 8 nitrogen and oxygen atoms in total. The summed E-state index contributed by atoms with van der Waals surface area (Å²) >= 11 is 1.62. The van der Waals surface area contributed by atoms with E-state index in [9.17, 15) is 9.59 Å². The highest BCUT2D eigenvalue weighted by Crippen LogP contribution is 2.26. The molecule has 0 fully saturated rings. The average Bonchev–Trinajstić information content (AvgIpc) is 3.43. The maximum atomic E-state index is 12.7. The smallest absolute Gasteiger partial charge is 0.266 e. The Morgan fingerprint density at radius 1 is 1.20 bits per heavy atom. The second kappa shape index (κ2) is 6.96. The average molecular weight is 418 g/mol. The van der Waals surface area contributed by atoms with Crippen molar-refractivity contribution in [1.82, 2.24) is 24.6 Å². The summed E-state index contributed by atoms with van der Waals surface area (Å²) in [6, 6.07) is 11.0. The van der Waals surface area contributed by atoms with Gasteiger partial charge in [0, 0.05) is 28.7 Å². The van der Waals surface area contributed by atoms with E-state index in [1.54, 1.807) is 15.9 Å². The number of carbonyl (C=O) groups is 1. The molecular formula is C21H18N6O2S. The number of aryl methyl sites for hydroxylation is 2. The summed E-state index contributed by atoms with van der Waals surface area (Å²) in [4.78, 5) is 37.7. The van der Waals surface area contributed by atoms with Gasteiger partial charge in [0.05, 0.1) is 22.3 Å². The number of aromatic nitrogens is 5. The van der Waals surface area contributed by atoms with Crippen LogP contribution in [0.5, 0.6) is 0 Å². The lowest BCUT2D eigenvalue weighted by Gasteiger charge is -2.11. The van der Waals surface area contributed by atoms with Crippen LogP contribution in [-0.4, -0.2) is 30.5 Å². The number of fused-ring (bicyclic) bond motifs is 2. The maximum absolute atomic E-state index is 12.7. The van der Waals surface area contributed by atoms with E-state index in [0.29, 0.717) is 11.3 Å². The van der Waals surface area contributed by atoms with Crippen molar-refractivity contribution in [1.29, 1.82) is 0 Å². The highest BCUT2D eigenvalue weighted by atomic mass is 32.1. The fourth-order valence-electron chi connectivity index (χ4n) is 3.59. The molecule has 0 aliphatic heterocycles. The molecule has 1 amide bonds. The summed E-state index contributed by atoms with van der Waals surface area (Å²) in [7, 11) is 0. The van der Waals surface area contributed by atoms with Crippen LogP contribution in [0.25, 0.3) is 27.4 Å². The molecule has 3 N–H and O–H groups in total. The predicted octanol–water partition coefficient (Wildman–Crippen LogP) is 3.43. The third kappa shape index (κ3) is 3.18. The van der Waals surface area contributed by atoms with Gasteiger partial charge in [0.1, 0.15) is 5.82 Å². The van der Waals surface area contributed by atoms with Crippen molar-refractivity contribution in [3.8, 4) is 10.7 Å². The Bertz CT molecular complexity index is 1460. The van der Waals surface area contributed by atoms with Crippen LogP contribution in [0.3, 0.4) is 0 Å². The number of nitrogens with one attached hydrogen (secondary N) is 3. The van der Waals surface area contributed by atoms with Crippen molar-refractivity contribution in [2.75, 3.05) is 5.32 Å². The summed E-state index contributed by atoms with van der Waals surface area (Å²) in [6.45, 7) is 3.71. The predicted molar refractivity (Wildman–Crippen MR) is 117 cm³/mol. The topological polar surface area (TPSA) is 108 Å². The molecule has 0 spiro atoms. The summed E-state index contributed by atoms with van der Waals surface area (Å²) in [5, 5.41) is 7.66. The van der Waals surface area contributed by atoms with E-state index in [2.05, 4.69) is 25.4 Å². The Labute approximate surface area is 174 Å². The highest BCUT2D eigenvalue weighted by Gasteiger charge is 2.15. The number of thiophene rings is 1. The van der Waals surface area contributed by atoms with Crippen LogP contribution in [0.1, 0.15) is 17.0 Å². The minimum Gasteiger partial charge on any atom is -0.337 e. The van der Waals surface area contributed by atoms with E-state index in [4.69, 9.17) is 0 Å². The lowest BCUT2D eigenvalue weighted by Crippen LogP contribution is -2.17. The van der Waals surface area contributed by atoms with Crippen molar-refractivity contribution in [3.63, 3.8) is 0 Å². The molecule has 1 aromatic carbocycles. The van der Waals surface area contributed by atoms with Crippen LogP contribution in [0.15, 0.2) is 46.6 Å². The summed E-state index contributed by atoms with van der Waals surface area (Å²) in [5.74, 6) is 0.656. The molecule has 0 unspecified atom stereocenters. The first-order valence-corrected chi connectivity index (χ1v) is 10.3. The van der Waals surface area contributed by atoms with Crippen molar-refractivity contribution >= 4 is 39.6 Å². The van der Waals surface area contributed by atoms with Gasteiger partial charge in [0.2, 0.25) is 5.91 Å². The van der Waals surface area contributed by atoms with E-state index < -0.39 is 0 Å². The van der Waals surface area contributed by atoms with Gasteiger partial charge in [0.25, 0.3) is 5.56 Å². The molecular weight excluding hydrogens is 400 g/mol. The van der Waals surface area contributed by atoms with Crippen molar-refractivity contribution < 1.29 is 4.79 Å². The first-order chi connectivity index (χ1) is 14.5. The molecule has 0 aliphatic rings. The molecule has 150 valence electrons. The number of anilines is 1. The van der Waals surface area contributed by atoms with E-state index in [1.807, 2.05) is 49.6 Å². The zero-order chi connectivity index (χ0) is 20.8. The lowest BCUT2D eigenvalue weighted by molar-refractivity contribution is -0.115. The molecule has 0 saturated carbocycles. The van der Waals surface area contributed by atoms with Gasteiger partial charge in [0.15, 0.2) is 5.65 Å². The second-order valence-electron chi connectivity index (χ2n) is 7.09. The molecule has 30 heavy (non-hydrogen) atoms. The van der Waals surface area contributed by atoms with Crippen molar-refractivity contribution in [2.24, 2.45) is 0 Å². The van der Waals surface area contributed by atoms with E-state index in [-0.39, 0.29) is 17.9 Å². The van der Waals surface area contributed by atoms with Gasteiger partial charge in [-0.3, -0.25) is 14.7 Å². The number of benzene rings is 1. The molecule has 0 saturated heterocycles. The molecule has 9 heteroatoms. The molecule has 4 aromatic heterocycles. The monoisotopic (exact) mass is 418 g/mol. The number of hydrogen-bond acceptors (Lipinski definition) is 5. The number of H-pyrrole nitrogens is 2. The van der Waals surface area contributed by atoms with E-state index in [1.165, 1.54) is 6.07 Å². The van der Waals surface area contributed by atoms with Gasteiger partial charge in [-0.1, -0.05) is 6.07 Å². The first kappa shape index (κ1) is 18.3. The highest BCUT2D eigenvalue weighted by molar-refractivity contribution is 7.13. The Kier molecular flexibility index (Phi) is 4.25. The Morgan fingerprint density at radius 3 is 2.87 bits per heavy atom. The SMILES string of the molecule is Cc1nc2cc(=O)[nH]n2c(C)c1CC(=O)Nc1ccc2nc(-c3cccs3)[nH]c2c1. The van der Waals surface area contributed by atoms with Crippen LogP contribution in [-0.2, 0) is 11.2 Å². The Morgan fingerprint density at radius 2 is 2.07 bits per heavy atom. The first-order valence-electron chi connectivity index (χ1n) is 9.39. The Balaban J connectivity index is 1.39. The molecule has 4 heterocycles. The molecule has 0 atom stereocenters. The van der Waals surface area contributed by atoms with Gasteiger partial charge >= 0.3 is 0 Å². The minimum absolute atomic E-state index is 0.155. The van der Waals surface area contributed by atoms with Crippen LogP contribution in [0.2, 0.25) is 0 Å². The summed E-state index contributed by atoms with van der Waals surface area (Å²) < 4.78 is 1.61. The normalized spacial score (nSPS) is 11.4. The van der Waals surface area contributed by atoms with Crippen molar-refractivity contribution in [2.45, 2.75) is 20.3 Å². The molecule has 0 radical (unpaired) electrons. The third-order valence-corrected chi connectivity index (χ3v) is 5.94. The second-order valence-corrected chi connectivity index (χ2v) is 8.04. The zero-order valence-electron chi connectivity index (χ0n) is 16.3. The summed E-state index contributed by atoms with van der Waals surface area (Å²) in [5.41, 5.74) is 5.02. The lowest BCUT2D eigenvalue weighted by atomic mass is 10.1. The molecule has 5 aromatic rings. The molecule has 0 bridgehead atoms. The summed E-state index contributed by atoms with van der Waals surface area (Å²) in [6.07, 6.45) is 0.155. The van der Waals surface area contributed by atoms with Gasteiger partial charge in [-0.25, -0.2) is 14.5 Å². The fraction of sp³-hybridized carbons (Fsp3) is 0.143. The van der Waals surface area contributed by atoms with E-state index in [0.717, 1.165) is 38.7 Å². The Hall–Kier alpha value is -3.72. The minimum atomic E-state index is -0.221. The van der Waals surface area contributed by atoms with Gasteiger partial charge in [-0.05, 0) is 43.5 Å². The number of carbonyl (C=O) groups excluding carboxylic acids is 1. The quantitative estimate of drug-likeness (QED) is 0.415. The van der Waals surface area contributed by atoms with Gasteiger partial charge in [-0.15, -0.1) is 11.3 Å². The van der Waals surface area contributed by atoms with Gasteiger partial charge in [-0.2, -0.15) is 0 Å². The van der Waals surface area contributed by atoms with Crippen LogP contribution in [0, 0.1) is 13.8 Å². The number of aromatic amines is 2. The fourth-order valence-corrected chi connectivity index (χ4v) is 4.26. The number of imidazole rings is 1. The van der Waals surface area contributed by atoms with Crippen LogP contribution >= 0.6 is 11.3 Å². The standard InChI is InChI=1S/C21H18N6O2S/c1-11-14(12(2)27-18(22-11)10-20(29)26-27)9-19(28)23-13-5-6-15-16(8-13)25-21(24-15)17-4-3-7-30-17/h3-8,10H,9H2,1-2H3,(H,23,28)(H,24,25)(H,26,29). The third-order valence-electron chi connectivity index (χ3n) is 5.06. The largest absolute Gasteiger partial charge is 0.337 e. The van der Waals surface area contributed by atoms with E-state index >= 15 is 0 Å². The number of rotatable bonds is 4. The van der Waals surface area contributed by atoms with Gasteiger partial charge < -0.3 is 10.3 Å². The zero-order valence-corrected chi connectivity index (χ0v) is 17.1. The van der Waals surface area contributed by atoms with Crippen LogP contribution < -0.4 is 10.9 Å². The number of nitrogens with zero attached hydrogens (tertiary/aromatic N) is 3. The van der Waals surface area contributed by atoms with Crippen molar-refractivity contribution in [3.05, 3.63) is 69.1 Å². The number of hydrogen-bond donors (Lipinski definition) is 3. The maximum Gasteiger partial charge on any atom is 0.266 e. The molecule has 0 aliphatic carbocycles. The molecule has 5 rings (SSSR count). The van der Waals surface area contributed by atoms with Crippen LogP contribution in [0.4, 0.5) is 5.69 Å².